The number of ether oxygens (including phenoxy) is 1. The summed E-state index contributed by atoms with van der Waals surface area (Å²) >= 11 is 0. The highest BCUT2D eigenvalue weighted by Gasteiger charge is 2.06. The van der Waals surface area contributed by atoms with Crippen LogP contribution in [0.1, 0.15) is 38.8 Å². The van der Waals surface area contributed by atoms with Crippen LogP contribution in [0.5, 0.6) is 5.75 Å². The summed E-state index contributed by atoms with van der Waals surface area (Å²) in [5.41, 5.74) is 6.80. The number of amides is 1. The van der Waals surface area contributed by atoms with E-state index >= 15 is 0 Å². The summed E-state index contributed by atoms with van der Waals surface area (Å²) in [6.07, 6.45) is 0.912. The lowest BCUT2D eigenvalue weighted by Crippen LogP contribution is -2.35. The zero-order valence-electron chi connectivity index (χ0n) is 11.3. The number of benzene rings is 1. The fraction of sp³-hybridized carbons (Fsp3) is 0.500. The first kappa shape index (κ1) is 14.5. The fourth-order valence-corrected chi connectivity index (χ4v) is 1.44. The summed E-state index contributed by atoms with van der Waals surface area (Å²) < 4.78 is 5.40. The molecule has 0 aliphatic heterocycles. The minimum absolute atomic E-state index is 0.00718. The number of rotatable bonds is 6. The summed E-state index contributed by atoms with van der Waals surface area (Å²) in [6, 6.07) is 7.66. The zero-order chi connectivity index (χ0) is 13.5. The lowest BCUT2D eigenvalue weighted by atomic mass is 10.1. The van der Waals surface area contributed by atoms with Gasteiger partial charge in [-0.3, -0.25) is 4.79 Å². The Morgan fingerprint density at radius 2 is 1.94 bits per heavy atom. The third kappa shape index (κ3) is 4.75. The van der Waals surface area contributed by atoms with E-state index in [1.807, 2.05) is 45.0 Å². The largest absolute Gasteiger partial charge is 0.484 e. The topological polar surface area (TPSA) is 64.3 Å². The van der Waals surface area contributed by atoms with Crippen LogP contribution in [0.4, 0.5) is 0 Å². The molecule has 4 nitrogen and oxygen atoms in total. The van der Waals surface area contributed by atoms with Crippen LogP contribution in [0.15, 0.2) is 24.3 Å². The van der Waals surface area contributed by atoms with E-state index in [1.54, 1.807) is 0 Å². The SMILES string of the molecule is CCC(C)NC(=O)COc1ccc(C(C)N)cc1. The van der Waals surface area contributed by atoms with E-state index < -0.39 is 0 Å². The van der Waals surface area contributed by atoms with Crippen LogP contribution in [0.25, 0.3) is 0 Å². The lowest BCUT2D eigenvalue weighted by Gasteiger charge is -2.12. The average Bonchev–Trinajstić information content (AvgIpc) is 2.36. The maximum atomic E-state index is 11.5. The molecule has 0 fully saturated rings. The molecule has 0 radical (unpaired) electrons. The van der Waals surface area contributed by atoms with Crippen LogP contribution in [0.3, 0.4) is 0 Å². The number of carbonyl (C=O) groups excluding carboxylic acids is 1. The van der Waals surface area contributed by atoms with Gasteiger partial charge in [0.05, 0.1) is 0 Å². The minimum Gasteiger partial charge on any atom is -0.484 e. The third-order valence-electron chi connectivity index (χ3n) is 2.80. The highest BCUT2D eigenvalue weighted by molar-refractivity contribution is 5.77. The van der Waals surface area contributed by atoms with Crippen LogP contribution in [0.2, 0.25) is 0 Å². The highest BCUT2D eigenvalue weighted by atomic mass is 16.5. The van der Waals surface area contributed by atoms with Crippen LogP contribution in [-0.2, 0) is 4.79 Å². The molecule has 1 aromatic rings. The predicted octanol–water partition coefficient (Wildman–Crippen LogP) is 2.00. The van der Waals surface area contributed by atoms with Gasteiger partial charge >= 0.3 is 0 Å². The molecule has 1 rings (SSSR count). The van der Waals surface area contributed by atoms with E-state index in [2.05, 4.69) is 5.32 Å². The molecule has 0 heterocycles. The Hall–Kier alpha value is -1.55. The first-order valence-corrected chi connectivity index (χ1v) is 6.30. The first-order valence-electron chi connectivity index (χ1n) is 6.30. The molecule has 3 N–H and O–H groups in total. The van der Waals surface area contributed by atoms with Crippen LogP contribution >= 0.6 is 0 Å². The fourth-order valence-electron chi connectivity index (χ4n) is 1.44. The van der Waals surface area contributed by atoms with Crippen molar-refractivity contribution in [2.45, 2.75) is 39.3 Å². The van der Waals surface area contributed by atoms with Gasteiger partial charge in [0.2, 0.25) is 0 Å². The lowest BCUT2D eigenvalue weighted by molar-refractivity contribution is -0.123. The van der Waals surface area contributed by atoms with E-state index in [0.717, 1.165) is 12.0 Å². The van der Waals surface area contributed by atoms with Crippen LogP contribution in [-0.4, -0.2) is 18.6 Å². The molecule has 0 aromatic heterocycles. The molecule has 100 valence electrons. The second kappa shape index (κ2) is 7.01. The Labute approximate surface area is 109 Å². The number of carbonyl (C=O) groups is 1. The van der Waals surface area contributed by atoms with Crippen molar-refractivity contribution in [3.63, 3.8) is 0 Å². The third-order valence-corrected chi connectivity index (χ3v) is 2.80. The summed E-state index contributed by atoms with van der Waals surface area (Å²) in [5.74, 6) is 0.583. The molecule has 0 aliphatic carbocycles. The molecule has 0 bridgehead atoms. The van der Waals surface area contributed by atoms with Crippen molar-refractivity contribution in [2.75, 3.05) is 6.61 Å². The van der Waals surface area contributed by atoms with Crippen molar-refractivity contribution < 1.29 is 9.53 Å². The van der Waals surface area contributed by atoms with Crippen molar-refractivity contribution in [1.82, 2.24) is 5.32 Å². The first-order chi connectivity index (χ1) is 8.52. The molecule has 1 aromatic carbocycles. The van der Waals surface area contributed by atoms with Gasteiger partial charge in [0.1, 0.15) is 5.75 Å². The van der Waals surface area contributed by atoms with Crippen molar-refractivity contribution >= 4 is 5.91 Å². The number of hydrogen-bond donors (Lipinski definition) is 2. The van der Waals surface area contributed by atoms with Gasteiger partial charge in [-0.05, 0) is 38.0 Å². The molecule has 2 atom stereocenters. The van der Waals surface area contributed by atoms with Crippen molar-refractivity contribution in [2.24, 2.45) is 5.73 Å². The van der Waals surface area contributed by atoms with Gasteiger partial charge in [0.25, 0.3) is 5.91 Å². The average molecular weight is 250 g/mol. The summed E-state index contributed by atoms with van der Waals surface area (Å²) in [4.78, 5) is 11.5. The molecular formula is C14H22N2O2. The Kier molecular flexibility index (Phi) is 5.65. The molecular weight excluding hydrogens is 228 g/mol. The van der Waals surface area contributed by atoms with Gasteiger partial charge in [-0.1, -0.05) is 19.1 Å². The molecule has 1 amide bonds. The summed E-state index contributed by atoms with van der Waals surface area (Å²) in [7, 11) is 0. The maximum absolute atomic E-state index is 11.5. The Morgan fingerprint density at radius 3 is 2.44 bits per heavy atom. The van der Waals surface area contributed by atoms with Gasteiger partial charge in [-0.2, -0.15) is 0 Å². The molecule has 0 saturated carbocycles. The van der Waals surface area contributed by atoms with E-state index in [-0.39, 0.29) is 24.6 Å². The zero-order valence-corrected chi connectivity index (χ0v) is 11.3. The predicted molar refractivity (Wildman–Crippen MR) is 72.4 cm³/mol. The Bertz CT molecular complexity index is 374. The molecule has 0 aliphatic rings. The van der Waals surface area contributed by atoms with Crippen molar-refractivity contribution in [1.29, 1.82) is 0 Å². The van der Waals surface area contributed by atoms with Gasteiger partial charge in [0.15, 0.2) is 6.61 Å². The van der Waals surface area contributed by atoms with Gasteiger partial charge in [-0.25, -0.2) is 0 Å². The smallest absolute Gasteiger partial charge is 0.258 e. The molecule has 4 heteroatoms. The number of hydrogen-bond acceptors (Lipinski definition) is 3. The van der Waals surface area contributed by atoms with E-state index in [4.69, 9.17) is 10.5 Å². The molecule has 2 unspecified atom stereocenters. The molecule has 0 spiro atoms. The molecule has 18 heavy (non-hydrogen) atoms. The highest BCUT2D eigenvalue weighted by Crippen LogP contribution is 2.15. The number of nitrogens with two attached hydrogens (primary N) is 1. The second-order valence-corrected chi connectivity index (χ2v) is 4.52. The van der Waals surface area contributed by atoms with E-state index in [1.165, 1.54) is 0 Å². The number of nitrogens with one attached hydrogen (secondary N) is 1. The van der Waals surface area contributed by atoms with E-state index in [0.29, 0.717) is 5.75 Å². The van der Waals surface area contributed by atoms with Gasteiger partial charge in [0, 0.05) is 12.1 Å². The summed E-state index contributed by atoms with van der Waals surface area (Å²) in [6.45, 7) is 5.96. The minimum atomic E-state index is -0.0966. The van der Waals surface area contributed by atoms with Crippen LogP contribution < -0.4 is 15.8 Å². The quantitative estimate of drug-likeness (QED) is 0.811. The molecule has 0 saturated heterocycles. The standard InChI is InChI=1S/C14H22N2O2/c1-4-10(2)16-14(17)9-18-13-7-5-12(6-8-13)11(3)15/h5-8,10-11H,4,9,15H2,1-3H3,(H,16,17). The Morgan fingerprint density at radius 1 is 1.33 bits per heavy atom. The monoisotopic (exact) mass is 250 g/mol. The van der Waals surface area contributed by atoms with Crippen molar-refractivity contribution in [3.8, 4) is 5.75 Å². The van der Waals surface area contributed by atoms with Gasteiger partial charge in [-0.15, -0.1) is 0 Å². The normalized spacial score (nSPS) is 13.8. The summed E-state index contributed by atoms with van der Waals surface area (Å²) in [5, 5.41) is 2.85. The van der Waals surface area contributed by atoms with Crippen molar-refractivity contribution in [3.05, 3.63) is 29.8 Å². The Balaban J connectivity index is 2.41. The van der Waals surface area contributed by atoms with Crippen LogP contribution in [0, 0.1) is 0 Å². The maximum Gasteiger partial charge on any atom is 0.258 e. The van der Waals surface area contributed by atoms with E-state index in [9.17, 15) is 4.79 Å². The second-order valence-electron chi connectivity index (χ2n) is 4.52. The van der Waals surface area contributed by atoms with Gasteiger partial charge < -0.3 is 15.8 Å².